The molecule has 2 fully saturated rings. The van der Waals surface area contributed by atoms with Gasteiger partial charge in [-0.05, 0) is 74.5 Å². The van der Waals surface area contributed by atoms with Gasteiger partial charge in [0.15, 0.2) is 0 Å². The second-order valence-electron chi connectivity index (χ2n) is 12.1. The third kappa shape index (κ3) is 7.26. The molecule has 42 heavy (non-hydrogen) atoms. The van der Waals surface area contributed by atoms with Crippen LogP contribution in [0.3, 0.4) is 0 Å². The van der Waals surface area contributed by atoms with Gasteiger partial charge in [-0.25, -0.2) is 13.2 Å². The van der Waals surface area contributed by atoms with Crippen LogP contribution in [0.2, 0.25) is 0 Å². The SMILES string of the molecule is CC(=O)N1c2ccc(-c3ccc(NS(C)(=O)=O)cc3)cc2N(C(=O)OC2CCCN(C3CCCCCCC3)C2)C[C@@H]1C. The van der Waals surface area contributed by atoms with Crippen molar-refractivity contribution in [3.8, 4) is 11.1 Å². The monoisotopic (exact) mass is 596 g/mol. The van der Waals surface area contributed by atoms with Gasteiger partial charge in [0, 0.05) is 31.7 Å². The fraction of sp³-hybridized carbons (Fsp3) is 0.562. The first-order valence-corrected chi connectivity index (χ1v) is 17.2. The molecule has 0 aromatic heterocycles. The highest BCUT2D eigenvalue weighted by Crippen LogP contribution is 2.39. The summed E-state index contributed by atoms with van der Waals surface area (Å²) < 4.78 is 31.9. The lowest BCUT2D eigenvalue weighted by Crippen LogP contribution is -2.53. The summed E-state index contributed by atoms with van der Waals surface area (Å²) in [5.74, 6) is -0.0807. The number of fused-ring (bicyclic) bond motifs is 1. The zero-order valence-electron chi connectivity index (χ0n) is 25.0. The number of rotatable bonds is 5. The second kappa shape index (κ2) is 13.0. The summed E-state index contributed by atoms with van der Waals surface area (Å²) in [6.45, 7) is 5.67. The first kappa shape index (κ1) is 30.4. The molecule has 1 saturated heterocycles. The first-order valence-electron chi connectivity index (χ1n) is 15.3. The number of hydrogen-bond donors (Lipinski definition) is 1. The van der Waals surface area contributed by atoms with Gasteiger partial charge >= 0.3 is 6.09 Å². The van der Waals surface area contributed by atoms with Crippen molar-refractivity contribution >= 4 is 39.1 Å². The number of carbonyl (C=O) groups excluding carboxylic acids is 2. The molecule has 2 aliphatic heterocycles. The Balaban J connectivity index is 1.36. The fourth-order valence-electron chi connectivity index (χ4n) is 6.80. The Kier molecular flexibility index (Phi) is 9.42. The second-order valence-corrected chi connectivity index (χ2v) is 13.9. The molecule has 2 atom stereocenters. The van der Waals surface area contributed by atoms with Crippen molar-refractivity contribution < 1.29 is 22.7 Å². The molecule has 5 rings (SSSR count). The third-order valence-electron chi connectivity index (χ3n) is 8.76. The quantitative estimate of drug-likeness (QED) is 0.455. The summed E-state index contributed by atoms with van der Waals surface area (Å²) in [7, 11) is -3.38. The van der Waals surface area contributed by atoms with E-state index in [-0.39, 0.29) is 24.1 Å². The summed E-state index contributed by atoms with van der Waals surface area (Å²) >= 11 is 0. The molecule has 1 N–H and O–H groups in total. The van der Waals surface area contributed by atoms with Crippen molar-refractivity contribution in [2.45, 2.75) is 89.8 Å². The standard InChI is InChI=1S/C32H44N4O5S/c1-23-21-35(32(38)41-29-12-9-19-34(22-29)28-10-7-5-4-6-8-11-28)31-20-26(15-18-30(31)36(23)24(2)37)25-13-16-27(17-14-25)33-42(3,39)40/h13-18,20,23,28-29,33H,4-12,19,21-22H2,1-3H3/t23-,29?/m0/s1. The van der Waals surface area contributed by atoms with Gasteiger partial charge in [0.1, 0.15) is 6.10 Å². The van der Waals surface area contributed by atoms with Crippen LogP contribution in [-0.4, -0.2) is 69.4 Å². The van der Waals surface area contributed by atoms with Gasteiger partial charge in [0.05, 0.1) is 23.7 Å². The number of carbonyl (C=O) groups is 2. The van der Waals surface area contributed by atoms with Crippen molar-refractivity contribution in [2.24, 2.45) is 0 Å². The molecule has 2 heterocycles. The van der Waals surface area contributed by atoms with Crippen molar-refractivity contribution in [3.05, 3.63) is 42.5 Å². The van der Waals surface area contributed by atoms with Crippen LogP contribution in [0, 0.1) is 0 Å². The van der Waals surface area contributed by atoms with Crippen molar-refractivity contribution in [2.75, 3.05) is 40.4 Å². The van der Waals surface area contributed by atoms with Gasteiger partial charge in [-0.2, -0.15) is 0 Å². The molecular weight excluding hydrogens is 552 g/mol. The van der Waals surface area contributed by atoms with Gasteiger partial charge in [-0.15, -0.1) is 0 Å². The molecule has 3 aliphatic rings. The van der Waals surface area contributed by atoms with Gasteiger partial charge in [-0.3, -0.25) is 19.3 Å². The average molecular weight is 597 g/mol. The smallest absolute Gasteiger partial charge is 0.414 e. The minimum absolute atomic E-state index is 0.0807. The van der Waals surface area contributed by atoms with E-state index in [4.69, 9.17) is 4.74 Å². The number of hydrogen-bond acceptors (Lipinski definition) is 6. The molecule has 0 spiro atoms. The number of likely N-dealkylation sites (tertiary alicyclic amines) is 1. The Morgan fingerprint density at radius 1 is 0.857 bits per heavy atom. The van der Waals surface area contributed by atoms with Crippen LogP contribution in [0.4, 0.5) is 21.9 Å². The molecule has 0 radical (unpaired) electrons. The zero-order chi connectivity index (χ0) is 29.9. The predicted molar refractivity (Wildman–Crippen MR) is 167 cm³/mol. The number of nitrogens with one attached hydrogen (secondary N) is 1. The predicted octanol–water partition coefficient (Wildman–Crippen LogP) is 6.00. The van der Waals surface area contributed by atoms with Gasteiger partial charge in [0.2, 0.25) is 15.9 Å². The maximum absolute atomic E-state index is 13.8. The minimum atomic E-state index is -3.38. The molecule has 2 aromatic carbocycles. The Morgan fingerprint density at radius 3 is 2.19 bits per heavy atom. The van der Waals surface area contributed by atoms with E-state index in [0.717, 1.165) is 43.3 Å². The van der Waals surface area contributed by atoms with Crippen LogP contribution >= 0.6 is 0 Å². The Hall–Kier alpha value is -3.11. The Bertz CT molecular complexity index is 1370. The van der Waals surface area contributed by atoms with E-state index in [1.54, 1.807) is 28.9 Å². The lowest BCUT2D eigenvalue weighted by Gasteiger charge is -2.42. The first-order chi connectivity index (χ1) is 20.1. The summed E-state index contributed by atoms with van der Waals surface area (Å²) in [6, 6.07) is 13.2. The summed E-state index contributed by atoms with van der Waals surface area (Å²) in [6.07, 6.45) is 11.5. The highest BCUT2D eigenvalue weighted by Gasteiger charge is 2.36. The molecule has 0 bridgehead atoms. The van der Waals surface area contributed by atoms with Gasteiger partial charge in [-0.1, -0.05) is 50.3 Å². The van der Waals surface area contributed by atoms with Crippen LogP contribution in [0.1, 0.15) is 71.6 Å². The minimum Gasteiger partial charge on any atom is -0.444 e. The number of anilines is 3. The van der Waals surface area contributed by atoms with Crippen molar-refractivity contribution in [1.29, 1.82) is 0 Å². The molecule has 9 nitrogen and oxygen atoms in total. The molecule has 2 amide bonds. The van der Waals surface area contributed by atoms with Gasteiger partial charge < -0.3 is 9.64 Å². The van der Waals surface area contributed by atoms with Crippen LogP contribution in [-0.2, 0) is 19.6 Å². The van der Waals surface area contributed by atoms with Crippen LogP contribution in [0.15, 0.2) is 42.5 Å². The number of ether oxygens (including phenoxy) is 1. The van der Waals surface area contributed by atoms with E-state index < -0.39 is 10.0 Å². The molecule has 10 heteroatoms. The summed E-state index contributed by atoms with van der Waals surface area (Å²) in [4.78, 5) is 32.4. The van der Waals surface area contributed by atoms with Crippen LogP contribution in [0.25, 0.3) is 11.1 Å². The molecular formula is C32H44N4O5S. The third-order valence-corrected chi connectivity index (χ3v) is 9.37. The van der Waals surface area contributed by atoms with E-state index in [9.17, 15) is 18.0 Å². The van der Waals surface area contributed by atoms with Crippen molar-refractivity contribution in [1.82, 2.24) is 4.90 Å². The summed E-state index contributed by atoms with van der Waals surface area (Å²) in [5, 5.41) is 0. The maximum atomic E-state index is 13.8. The molecule has 1 unspecified atom stereocenters. The van der Waals surface area contributed by atoms with E-state index in [2.05, 4.69) is 9.62 Å². The molecule has 228 valence electrons. The lowest BCUT2D eigenvalue weighted by molar-refractivity contribution is -0.117. The van der Waals surface area contributed by atoms with E-state index in [0.29, 0.717) is 29.6 Å². The highest BCUT2D eigenvalue weighted by atomic mass is 32.2. The van der Waals surface area contributed by atoms with Crippen molar-refractivity contribution in [3.63, 3.8) is 0 Å². The maximum Gasteiger partial charge on any atom is 0.414 e. The van der Waals surface area contributed by atoms with Crippen LogP contribution < -0.4 is 14.5 Å². The lowest BCUT2D eigenvalue weighted by atomic mass is 9.94. The number of sulfonamides is 1. The molecule has 1 aliphatic carbocycles. The zero-order valence-corrected chi connectivity index (χ0v) is 25.9. The topological polar surface area (TPSA) is 99.3 Å². The van der Waals surface area contributed by atoms with Crippen LogP contribution in [0.5, 0.6) is 0 Å². The van der Waals surface area contributed by atoms with E-state index in [1.165, 1.54) is 44.9 Å². The largest absolute Gasteiger partial charge is 0.444 e. The Morgan fingerprint density at radius 2 is 1.52 bits per heavy atom. The Labute approximate surface area is 250 Å². The highest BCUT2D eigenvalue weighted by molar-refractivity contribution is 7.92. The normalized spacial score (nSPS) is 22.5. The fourth-order valence-corrected chi connectivity index (χ4v) is 7.37. The summed E-state index contributed by atoms with van der Waals surface area (Å²) in [5.41, 5.74) is 3.50. The average Bonchev–Trinajstić information content (AvgIpc) is 2.91. The number of benzene rings is 2. The van der Waals surface area contributed by atoms with Gasteiger partial charge in [0.25, 0.3) is 0 Å². The van der Waals surface area contributed by atoms with E-state index >= 15 is 0 Å². The molecule has 2 aromatic rings. The van der Waals surface area contributed by atoms with E-state index in [1.807, 2.05) is 37.3 Å². The number of nitrogens with zero attached hydrogens (tertiary/aromatic N) is 3. The molecule has 1 saturated carbocycles. The number of amides is 2. The number of piperidine rings is 1.